The van der Waals surface area contributed by atoms with Gasteiger partial charge in [0, 0.05) is 13.0 Å². The molecule has 0 spiro atoms. The normalized spacial score (nSPS) is 10.6. The SMILES string of the molecule is NC(=O)CCn1c(=O)c(=O)[nH]c2ccc(C(=O)O)cc21. The molecule has 0 bridgehead atoms. The zero-order valence-corrected chi connectivity index (χ0v) is 10.3. The molecule has 0 fully saturated rings. The standard InChI is InChI=1S/C12H11N3O5/c13-9(16)3-4-15-8-5-6(12(19)20)1-2-7(8)14-10(17)11(15)18/h1-2,5H,3-4H2,(H2,13,16)(H,14,17)(H,19,20). The zero-order valence-electron chi connectivity index (χ0n) is 10.3. The molecule has 8 heteroatoms. The quantitative estimate of drug-likeness (QED) is 0.633. The van der Waals surface area contributed by atoms with Gasteiger partial charge in [0.2, 0.25) is 5.91 Å². The maximum absolute atomic E-state index is 11.8. The van der Waals surface area contributed by atoms with E-state index in [0.717, 1.165) is 4.57 Å². The van der Waals surface area contributed by atoms with Crippen LogP contribution in [0.25, 0.3) is 11.0 Å². The minimum absolute atomic E-state index is 0.0308. The third kappa shape index (κ3) is 2.44. The Kier molecular flexibility index (Phi) is 3.38. The first-order valence-corrected chi connectivity index (χ1v) is 5.68. The lowest BCUT2D eigenvalue weighted by molar-refractivity contribution is -0.118. The first kappa shape index (κ1) is 13.5. The second-order valence-electron chi connectivity index (χ2n) is 4.16. The number of carbonyl (C=O) groups is 2. The number of carbonyl (C=O) groups excluding carboxylic acids is 1. The van der Waals surface area contributed by atoms with E-state index in [-0.39, 0.29) is 24.0 Å². The summed E-state index contributed by atoms with van der Waals surface area (Å²) in [5, 5.41) is 8.94. The van der Waals surface area contributed by atoms with Gasteiger partial charge in [0.25, 0.3) is 0 Å². The zero-order chi connectivity index (χ0) is 14.9. The molecule has 0 unspecified atom stereocenters. The van der Waals surface area contributed by atoms with Crippen molar-refractivity contribution in [3.05, 3.63) is 44.5 Å². The van der Waals surface area contributed by atoms with E-state index in [1.807, 2.05) is 0 Å². The third-order valence-electron chi connectivity index (χ3n) is 2.80. The molecule has 2 aromatic rings. The average Bonchev–Trinajstić information content (AvgIpc) is 2.38. The number of rotatable bonds is 4. The summed E-state index contributed by atoms with van der Waals surface area (Å²) in [6.07, 6.45) is -0.129. The number of aryl methyl sites for hydroxylation is 1. The summed E-state index contributed by atoms with van der Waals surface area (Å²) in [5.41, 5.74) is 3.82. The number of H-pyrrole nitrogens is 1. The van der Waals surface area contributed by atoms with E-state index in [2.05, 4.69) is 4.98 Å². The monoisotopic (exact) mass is 277 g/mol. The van der Waals surface area contributed by atoms with Crippen molar-refractivity contribution in [1.29, 1.82) is 0 Å². The van der Waals surface area contributed by atoms with Crippen LogP contribution in [0.3, 0.4) is 0 Å². The molecular weight excluding hydrogens is 266 g/mol. The van der Waals surface area contributed by atoms with E-state index >= 15 is 0 Å². The first-order chi connectivity index (χ1) is 9.40. The number of aromatic carboxylic acids is 1. The number of nitrogens with two attached hydrogens (primary N) is 1. The number of aromatic amines is 1. The summed E-state index contributed by atoms with van der Waals surface area (Å²) < 4.78 is 1.05. The molecule has 8 nitrogen and oxygen atoms in total. The van der Waals surface area contributed by atoms with Crippen molar-refractivity contribution in [1.82, 2.24) is 9.55 Å². The lowest BCUT2D eigenvalue weighted by Crippen LogP contribution is -2.37. The molecule has 1 aromatic heterocycles. The lowest BCUT2D eigenvalue weighted by atomic mass is 10.2. The van der Waals surface area contributed by atoms with Crippen molar-refractivity contribution < 1.29 is 14.7 Å². The molecule has 1 aromatic carbocycles. The Labute approximate surface area is 111 Å². The van der Waals surface area contributed by atoms with Gasteiger partial charge in [0.05, 0.1) is 16.6 Å². The molecule has 0 saturated heterocycles. The average molecular weight is 277 g/mol. The number of nitrogens with zero attached hydrogens (tertiary/aromatic N) is 1. The number of carboxylic acids is 1. The highest BCUT2D eigenvalue weighted by Gasteiger charge is 2.11. The predicted molar refractivity (Wildman–Crippen MR) is 69.6 cm³/mol. The van der Waals surface area contributed by atoms with Gasteiger partial charge in [-0.15, -0.1) is 0 Å². The Balaban J connectivity index is 2.72. The molecule has 0 aliphatic carbocycles. The van der Waals surface area contributed by atoms with E-state index in [1.54, 1.807) is 0 Å². The number of aromatic nitrogens is 2. The third-order valence-corrected chi connectivity index (χ3v) is 2.80. The van der Waals surface area contributed by atoms with Gasteiger partial charge in [-0.3, -0.25) is 14.4 Å². The van der Waals surface area contributed by atoms with Gasteiger partial charge in [-0.25, -0.2) is 4.79 Å². The summed E-state index contributed by atoms with van der Waals surface area (Å²) in [6, 6.07) is 3.96. The van der Waals surface area contributed by atoms with E-state index < -0.39 is 23.0 Å². The van der Waals surface area contributed by atoms with Crippen molar-refractivity contribution in [2.45, 2.75) is 13.0 Å². The van der Waals surface area contributed by atoms with Gasteiger partial charge in [-0.05, 0) is 18.2 Å². The summed E-state index contributed by atoms with van der Waals surface area (Å²) in [6.45, 7) is -0.0857. The van der Waals surface area contributed by atoms with E-state index in [0.29, 0.717) is 5.52 Å². The summed E-state index contributed by atoms with van der Waals surface area (Å²) in [4.78, 5) is 47.4. The molecule has 104 valence electrons. The minimum Gasteiger partial charge on any atom is -0.478 e. The fraction of sp³-hybridized carbons (Fsp3) is 0.167. The van der Waals surface area contributed by atoms with Gasteiger partial charge in [-0.1, -0.05) is 0 Å². The van der Waals surface area contributed by atoms with Gasteiger partial charge < -0.3 is 20.4 Å². The maximum Gasteiger partial charge on any atom is 0.335 e. The molecule has 4 N–H and O–H groups in total. The Hall–Kier alpha value is -2.90. The van der Waals surface area contributed by atoms with Gasteiger partial charge in [-0.2, -0.15) is 0 Å². The van der Waals surface area contributed by atoms with E-state index in [4.69, 9.17) is 10.8 Å². The number of nitrogens with one attached hydrogen (secondary N) is 1. The summed E-state index contributed by atoms with van der Waals surface area (Å²) >= 11 is 0. The molecule has 2 rings (SSSR count). The van der Waals surface area contributed by atoms with Crippen LogP contribution in [0.15, 0.2) is 27.8 Å². The van der Waals surface area contributed by atoms with Crippen LogP contribution in [-0.4, -0.2) is 26.5 Å². The Bertz CT molecular complexity index is 818. The molecule has 0 aliphatic heterocycles. The predicted octanol–water partition coefficient (Wildman–Crippen LogP) is -0.737. The number of amides is 1. The van der Waals surface area contributed by atoms with Crippen molar-refractivity contribution in [2.75, 3.05) is 0 Å². The molecule has 20 heavy (non-hydrogen) atoms. The first-order valence-electron chi connectivity index (χ1n) is 5.68. The van der Waals surface area contributed by atoms with Crippen LogP contribution in [-0.2, 0) is 11.3 Å². The number of hydrogen-bond acceptors (Lipinski definition) is 4. The van der Waals surface area contributed by atoms with Crippen molar-refractivity contribution in [2.24, 2.45) is 5.73 Å². The second-order valence-corrected chi connectivity index (χ2v) is 4.16. The number of fused-ring (bicyclic) bond motifs is 1. The van der Waals surface area contributed by atoms with Crippen LogP contribution in [0.4, 0.5) is 0 Å². The van der Waals surface area contributed by atoms with Crippen molar-refractivity contribution in [3.8, 4) is 0 Å². The molecule has 0 atom stereocenters. The van der Waals surface area contributed by atoms with Crippen LogP contribution in [0, 0.1) is 0 Å². The number of hydrogen-bond donors (Lipinski definition) is 3. The molecule has 0 aliphatic rings. The largest absolute Gasteiger partial charge is 0.478 e. The number of carboxylic acid groups (broad SMARTS) is 1. The Morgan fingerprint density at radius 3 is 2.60 bits per heavy atom. The van der Waals surface area contributed by atoms with Crippen molar-refractivity contribution >= 4 is 22.9 Å². The molecule has 1 amide bonds. The highest BCUT2D eigenvalue weighted by atomic mass is 16.4. The fourth-order valence-corrected chi connectivity index (χ4v) is 1.85. The maximum atomic E-state index is 11.8. The van der Waals surface area contributed by atoms with Gasteiger partial charge in [0.15, 0.2) is 0 Å². The summed E-state index contributed by atoms with van der Waals surface area (Å²) in [5.74, 6) is -1.79. The van der Waals surface area contributed by atoms with E-state index in [1.165, 1.54) is 18.2 Å². The van der Waals surface area contributed by atoms with Crippen molar-refractivity contribution in [3.63, 3.8) is 0 Å². The topological polar surface area (TPSA) is 135 Å². The van der Waals surface area contributed by atoms with E-state index in [9.17, 15) is 19.2 Å². The lowest BCUT2D eigenvalue weighted by Gasteiger charge is -2.09. The smallest absolute Gasteiger partial charge is 0.335 e. The molecule has 1 heterocycles. The highest BCUT2D eigenvalue weighted by molar-refractivity contribution is 5.92. The number of benzene rings is 1. The fourth-order valence-electron chi connectivity index (χ4n) is 1.85. The summed E-state index contributed by atoms with van der Waals surface area (Å²) in [7, 11) is 0. The van der Waals surface area contributed by atoms with Gasteiger partial charge in [0.1, 0.15) is 0 Å². The van der Waals surface area contributed by atoms with Gasteiger partial charge >= 0.3 is 17.1 Å². The Morgan fingerprint density at radius 2 is 2.00 bits per heavy atom. The van der Waals surface area contributed by atoms with Crippen LogP contribution < -0.4 is 16.9 Å². The van der Waals surface area contributed by atoms with Crippen LogP contribution in [0.5, 0.6) is 0 Å². The van der Waals surface area contributed by atoms with Crippen LogP contribution in [0.1, 0.15) is 16.8 Å². The second kappa shape index (κ2) is 5.00. The van der Waals surface area contributed by atoms with Crippen LogP contribution >= 0.6 is 0 Å². The molecule has 0 radical (unpaired) electrons. The number of primary amides is 1. The molecule has 0 saturated carbocycles. The molecular formula is C12H11N3O5. The van der Waals surface area contributed by atoms with Crippen LogP contribution in [0.2, 0.25) is 0 Å². The minimum atomic E-state index is -1.16. The highest BCUT2D eigenvalue weighted by Crippen LogP contribution is 2.12. The Morgan fingerprint density at radius 1 is 1.30 bits per heavy atom.